The quantitative estimate of drug-likeness (QED) is 0.775. The largest absolute Gasteiger partial charge is 0.481 e. The first-order valence-electron chi connectivity index (χ1n) is 5.84. The molecule has 0 unspecified atom stereocenters. The number of hydrogen-bond donors (Lipinski definition) is 1. The monoisotopic (exact) mass is 253 g/mol. The number of aliphatic carboxylic acids is 1. The lowest BCUT2D eigenvalue weighted by atomic mass is 10.1. The summed E-state index contributed by atoms with van der Waals surface area (Å²) in [5, 5.41) is 13.8. The van der Waals surface area contributed by atoms with E-state index in [1.54, 1.807) is 16.9 Å². The van der Waals surface area contributed by atoms with Crippen molar-refractivity contribution in [2.45, 2.75) is 6.42 Å². The molecular weight excluding hydrogens is 242 g/mol. The highest BCUT2D eigenvalue weighted by atomic mass is 16.4. The van der Waals surface area contributed by atoms with E-state index in [4.69, 9.17) is 5.11 Å². The third-order valence-electron chi connectivity index (χ3n) is 2.83. The molecule has 5 heteroatoms. The molecule has 0 saturated heterocycles. The Labute approximate surface area is 109 Å². The zero-order chi connectivity index (χ0) is 13.2. The Kier molecular flexibility index (Phi) is 2.72. The Morgan fingerprint density at radius 3 is 2.89 bits per heavy atom. The molecular formula is C14H11N3O2. The molecule has 0 atom stereocenters. The Hall–Kier alpha value is -2.69. The summed E-state index contributed by atoms with van der Waals surface area (Å²) in [4.78, 5) is 15.2. The second-order valence-corrected chi connectivity index (χ2v) is 4.22. The van der Waals surface area contributed by atoms with Gasteiger partial charge in [-0.2, -0.15) is 5.10 Å². The first kappa shape index (κ1) is 11.4. The van der Waals surface area contributed by atoms with Crippen LogP contribution in [0.1, 0.15) is 5.56 Å². The standard InChI is InChI=1S/C14H11N3O2/c18-14(19)9-10-2-4-12-11(8-10)3-5-13(16-12)17-7-1-6-15-17/h1-8H,9H2,(H,18,19). The predicted octanol–water partition coefficient (Wildman–Crippen LogP) is 2.05. The number of carbonyl (C=O) groups is 1. The Bertz CT molecular complexity index is 736. The van der Waals surface area contributed by atoms with Gasteiger partial charge in [-0.3, -0.25) is 4.79 Å². The molecule has 0 saturated carbocycles. The third-order valence-corrected chi connectivity index (χ3v) is 2.83. The zero-order valence-corrected chi connectivity index (χ0v) is 10.0. The Morgan fingerprint density at radius 2 is 2.16 bits per heavy atom. The van der Waals surface area contributed by atoms with Crippen LogP contribution in [0.3, 0.4) is 0 Å². The van der Waals surface area contributed by atoms with Gasteiger partial charge >= 0.3 is 5.97 Å². The highest BCUT2D eigenvalue weighted by Gasteiger charge is 2.04. The summed E-state index contributed by atoms with van der Waals surface area (Å²) >= 11 is 0. The lowest BCUT2D eigenvalue weighted by Gasteiger charge is -2.04. The van der Waals surface area contributed by atoms with E-state index in [-0.39, 0.29) is 6.42 Å². The fourth-order valence-electron chi connectivity index (χ4n) is 1.98. The van der Waals surface area contributed by atoms with E-state index in [1.165, 1.54) is 0 Å². The zero-order valence-electron chi connectivity index (χ0n) is 10.0. The van der Waals surface area contributed by atoms with Gasteiger partial charge in [0.15, 0.2) is 5.82 Å². The van der Waals surface area contributed by atoms with Crippen molar-refractivity contribution in [3.63, 3.8) is 0 Å². The number of pyridine rings is 1. The maximum absolute atomic E-state index is 10.7. The minimum Gasteiger partial charge on any atom is -0.481 e. The molecule has 94 valence electrons. The van der Waals surface area contributed by atoms with Crippen LogP contribution in [0.15, 0.2) is 48.8 Å². The lowest BCUT2D eigenvalue weighted by Crippen LogP contribution is -2.00. The van der Waals surface area contributed by atoms with Crippen molar-refractivity contribution in [3.05, 3.63) is 54.4 Å². The first-order valence-corrected chi connectivity index (χ1v) is 5.84. The van der Waals surface area contributed by atoms with Gasteiger partial charge in [0.1, 0.15) is 0 Å². The van der Waals surface area contributed by atoms with Gasteiger partial charge in [-0.05, 0) is 35.9 Å². The molecule has 0 aliphatic rings. The fourth-order valence-corrected chi connectivity index (χ4v) is 1.98. The van der Waals surface area contributed by atoms with E-state index in [0.717, 1.165) is 22.3 Å². The predicted molar refractivity (Wildman–Crippen MR) is 70.2 cm³/mol. The van der Waals surface area contributed by atoms with Gasteiger partial charge in [0, 0.05) is 17.8 Å². The van der Waals surface area contributed by atoms with Crippen LogP contribution in [0, 0.1) is 0 Å². The molecule has 1 aromatic carbocycles. The molecule has 0 aliphatic carbocycles. The van der Waals surface area contributed by atoms with E-state index in [1.807, 2.05) is 36.5 Å². The van der Waals surface area contributed by atoms with E-state index in [2.05, 4.69) is 10.1 Å². The van der Waals surface area contributed by atoms with Crippen molar-refractivity contribution >= 4 is 16.9 Å². The van der Waals surface area contributed by atoms with Crippen LogP contribution in [0.5, 0.6) is 0 Å². The molecule has 0 fully saturated rings. The first-order chi connectivity index (χ1) is 9.22. The van der Waals surface area contributed by atoms with E-state index >= 15 is 0 Å². The van der Waals surface area contributed by atoms with Crippen LogP contribution >= 0.6 is 0 Å². The van der Waals surface area contributed by atoms with Crippen molar-refractivity contribution in [1.29, 1.82) is 0 Å². The number of aromatic nitrogens is 3. The average Bonchev–Trinajstić information content (AvgIpc) is 2.91. The number of carboxylic acids is 1. The second-order valence-electron chi connectivity index (χ2n) is 4.22. The van der Waals surface area contributed by atoms with Gasteiger partial charge in [0.25, 0.3) is 0 Å². The number of fused-ring (bicyclic) bond motifs is 1. The van der Waals surface area contributed by atoms with Crippen LogP contribution in [0.2, 0.25) is 0 Å². The van der Waals surface area contributed by atoms with Crippen LogP contribution in [-0.4, -0.2) is 25.8 Å². The Morgan fingerprint density at radius 1 is 1.26 bits per heavy atom. The normalized spacial score (nSPS) is 10.7. The van der Waals surface area contributed by atoms with Crippen LogP contribution < -0.4 is 0 Å². The number of hydrogen-bond acceptors (Lipinski definition) is 3. The van der Waals surface area contributed by atoms with Crippen molar-refractivity contribution in [2.75, 3.05) is 0 Å². The molecule has 0 bridgehead atoms. The third kappa shape index (κ3) is 2.30. The summed E-state index contributed by atoms with van der Waals surface area (Å²) in [5.41, 5.74) is 1.59. The van der Waals surface area contributed by atoms with Gasteiger partial charge in [-0.15, -0.1) is 0 Å². The van der Waals surface area contributed by atoms with Crippen molar-refractivity contribution in [3.8, 4) is 5.82 Å². The molecule has 3 aromatic rings. The minimum absolute atomic E-state index is 0.0247. The second kappa shape index (κ2) is 4.53. The van der Waals surface area contributed by atoms with Gasteiger partial charge in [-0.25, -0.2) is 9.67 Å². The van der Waals surface area contributed by atoms with Gasteiger partial charge < -0.3 is 5.11 Å². The number of nitrogens with zero attached hydrogens (tertiary/aromatic N) is 3. The van der Waals surface area contributed by atoms with Gasteiger partial charge in [-0.1, -0.05) is 6.07 Å². The number of benzene rings is 1. The highest BCUT2D eigenvalue weighted by Crippen LogP contribution is 2.16. The minimum atomic E-state index is -0.833. The average molecular weight is 253 g/mol. The summed E-state index contributed by atoms with van der Waals surface area (Å²) in [6, 6.07) is 11.1. The smallest absolute Gasteiger partial charge is 0.307 e. The number of carboxylic acid groups (broad SMARTS) is 1. The maximum Gasteiger partial charge on any atom is 0.307 e. The van der Waals surface area contributed by atoms with E-state index in [9.17, 15) is 4.79 Å². The summed E-state index contributed by atoms with van der Waals surface area (Å²) in [5.74, 6) is -0.0936. The molecule has 0 spiro atoms. The molecule has 19 heavy (non-hydrogen) atoms. The maximum atomic E-state index is 10.7. The van der Waals surface area contributed by atoms with Crippen LogP contribution in [-0.2, 0) is 11.2 Å². The molecule has 3 rings (SSSR count). The van der Waals surface area contributed by atoms with Gasteiger partial charge in [0.2, 0.25) is 0 Å². The van der Waals surface area contributed by atoms with Crippen molar-refractivity contribution in [2.24, 2.45) is 0 Å². The molecule has 1 N–H and O–H groups in total. The molecule has 2 aromatic heterocycles. The molecule has 5 nitrogen and oxygen atoms in total. The van der Waals surface area contributed by atoms with E-state index < -0.39 is 5.97 Å². The summed E-state index contributed by atoms with van der Waals surface area (Å²) in [6.07, 6.45) is 3.55. The van der Waals surface area contributed by atoms with Crippen molar-refractivity contribution < 1.29 is 9.90 Å². The van der Waals surface area contributed by atoms with E-state index in [0.29, 0.717) is 0 Å². The molecule has 0 amide bonds. The lowest BCUT2D eigenvalue weighted by molar-refractivity contribution is -0.136. The highest BCUT2D eigenvalue weighted by molar-refractivity contribution is 5.81. The Balaban J connectivity index is 2.03. The van der Waals surface area contributed by atoms with Crippen LogP contribution in [0.25, 0.3) is 16.7 Å². The topological polar surface area (TPSA) is 68.0 Å². The molecule has 0 radical (unpaired) electrons. The number of rotatable bonds is 3. The molecule has 2 heterocycles. The van der Waals surface area contributed by atoms with Crippen molar-refractivity contribution in [1.82, 2.24) is 14.8 Å². The van der Waals surface area contributed by atoms with Gasteiger partial charge in [0.05, 0.1) is 11.9 Å². The molecule has 0 aliphatic heterocycles. The summed E-state index contributed by atoms with van der Waals surface area (Å²) in [6.45, 7) is 0. The summed E-state index contributed by atoms with van der Waals surface area (Å²) < 4.78 is 1.69. The van der Waals surface area contributed by atoms with Crippen LogP contribution in [0.4, 0.5) is 0 Å². The summed E-state index contributed by atoms with van der Waals surface area (Å²) in [7, 11) is 0. The fraction of sp³-hybridized carbons (Fsp3) is 0.0714. The SMILES string of the molecule is O=C(O)Cc1ccc2nc(-n3cccn3)ccc2c1.